The molecule has 5 aliphatic rings. The number of hydrogen-bond acceptors (Lipinski definition) is 20. The van der Waals surface area contributed by atoms with E-state index in [1.807, 2.05) is 78.9 Å². The van der Waals surface area contributed by atoms with Gasteiger partial charge in [-0.1, -0.05) is 66.7 Å². The van der Waals surface area contributed by atoms with Gasteiger partial charge in [0.05, 0.1) is 42.6 Å². The Labute approximate surface area is 478 Å². The van der Waals surface area contributed by atoms with E-state index in [4.69, 9.17) is 38.4 Å². The summed E-state index contributed by atoms with van der Waals surface area (Å²) in [5.74, 6) is 0.740. The first-order valence-corrected chi connectivity index (χ1v) is 27.1. The van der Waals surface area contributed by atoms with Gasteiger partial charge in [-0.2, -0.15) is 0 Å². The van der Waals surface area contributed by atoms with Crippen molar-refractivity contribution in [2.45, 2.75) is 92.1 Å². The molecule has 7 aromatic rings. The highest BCUT2D eigenvalue weighted by Crippen LogP contribution is 2.40. The smallest absolute Gasteiger partial charge is 0.229 e. The first-order chi connectivity index (χ1) is 40.7. The maximum atomic E-state index is 10.8. The SMILES string of the molecule is OC[C@H]1O[C@@H](Oc2ccc(-c3c4nc(c(-c5ccc(O[C@@H]6O[C@H](CO)[C@H](O)[C@H](O)[C@H]6O)cc5)c5ccc([nH]5)c(-c5ccc(O[C@@H]6O[C@H](CO)[C@H](O)[C@H](O)[C@H]6O)cc5)c5nc(c(-c6ccccc6)c6ccc3[nH]6)C=C5)C=C4)cc2)[C@H](O)[C@@H](O)[C@H]1O. The Morgan fingerprint density at radius 3 is 0.845 bits per heavy atom. The number of aliphatic hydroxyl groups is 12. The van der Waals surface area contributed by atoms with E-state index in [0.717, 1.165) is 16.6 Å². The van der Waals surface area contributed by atoms with Gasteiger partial charge in [-0.15, -0.1) is 0 Å². The average Bonchev–Trinajstić information content (AvgIpc) is 4.57. The molecule has 3 aromatic heterocycles. The molecule has 22 nitrogen and oxygen atoms in total. The quantitative estimate of drug-likeness (QED) is 0.0789. The number of ether oxygens (including phenoxy) is 6. The summed E-state index contributed by atoms with van der Waals surface area (Å²) in [6, 6.07) is 38.2. The monoisotopic (exact) mass is 1150 g/mol. The van der Waals surface area contributed by atoms with Gasteiger partial charge in [0.15, 0.2) is 0 Å². The molecule has 15 atom stereocenters. The number of aromatic nitrogens is 4. The van der Waals surface area contributed by atoms with Crippen molar-refractivity contribution in [2.75, 3.05) is 19.8 Å². The van der Waals surface area contributed by atoms with Crippen LogP contribution in [0.1, 0.15) is 22.8 Å². The second-order valence-electron chi connectivity index (χ2n) is 20.9. The van der Waals surface area contributed by atoms with E-state index in [1.54, 1.807) is 72.8 Å². The molecular weight excluding hydrogens is 1090 g/mol. The van der Waals surface area contributed by atoms with E-state index < -0.39 is 112 Å². The highest BCUT2D eigenvalue weighted by atomic mass is 16.7. The van der Waals surface area contributed by atoms with Crippen LogP contribution in [0.2, 0.25) is 0 Å². The van der Waals surface area contributed by atoms with Gasteiger partial charge in [0.1, 0.15) is 90.5 Å². The van der Waals surface area contributed by atoms with E-state index in [2.05, 4.69) is 9.97 Å². The number of hydrogen-bond donors (Lipinski definition) is 14. The number of fused-ring (bicyclic) bond motifs is 8. The molecule has 22 heteroatoms. The third-order valence-corrected chi connectivity index (χ3v) is 15.5. The molecule has 0 amide bonds. The lowest BCUT2D eigenvalue weighted by Gasteiger charge is -2.39. The summed E-state index contributed by atoms with van der Waals surface area (Å²) in [7, 11) is 0. The number of nitrogens with one attached hydrogen (secondary N) is 2. The average molecular weight is 1150 g/mol. The molecule has 8 heterocycles. The van der Waals surface area contributed by atoms with Gasteiger partial charge in [-0.25, -0.2) is 9.97 Å². The number of rotatable bonds is 13. The van der Waals surface area contributed by atoms with Crippen LogP contribution in [0.4, 0.5) is 0 Å². The lowest BCUT2D eigenvalue weighted by molar-refractivity contribution is -0.277. The van der Waals surface area contributed by atoms with E-state index in [-0.39, 0.29) is 17.2 Å². The molecule has 0 aliphatic carbocycles. The van der Waals surface area contributed by atoms with E-state index in [9.17, 15) is 61.3 Å². The van der Waals surface area contributed by atoms with Crippen molar-refractivity contribution in [1.82, 2.24) is 19.9 Å². The standard InChI is InChI=1S/C62H60N4O18/c67-26-44-51(70)54(73)57(76)60(82-44)79-33-12-6-30(7-13-33)48-38-20-18-36(63-38)47(29-4-2-1-3-5-29)37-19-21-39(64-37)49(31-8-14-34(15-9-31)80-61-58(77)55(74)52(71)45(27-68)83-61)41-23-25-43(66-41)50(42-24-22-40(48)65-42)32-10-16-35(17-11-32)81-62-59(78)56(75)53(72)46(28-69)84-62/h1-25,44-46,51-63,66-78H,26-28H2/t44-,45-,46-,51+,52+,53+,54+,55+,56+,57-,58-,59-,60-,61-,62-/m1/s1. The van der Waals surface area contributed by atoms with E-state index in [1.165, 1.54) is 0 Å². The van der Waals surface area contributed by atoms with Crippen molar-refractivity contribution < 1.29 is 89.7 Å². The second-order valence-corrected chi connectivity index (χ2v) is 20.9. The topological polar surface area (TPSA) is 356 Å². The van der Waals surface area contributed by atoms with Crippen LogP contribution in [0.25, 0.3) is 90.9 Å². The lowest BCUT2D eigenvalue weighted by Crippen LogP contribution is -2.60. The van der Waals surface area contributed by atoms with Crippen LogP contribution in [0.3, 0.4) is 0 Å². The molecule has 0 radical (unpaired) electrons. The normalized spacial score (nSPS) is 28.5. The molecule has 5 aliphatic heterocycles. The van der Waals surface area contributed by atoms with Crippen molar-refractivity contribution in [3.05, 3.63) is 150 Å². The molecule has 8 bridgehead atoms. The predicted octanol–water partition coefficient (Wildman–Crippen LogP) is 2.86. The molecule has 4 aromatic carbocycles. The number of aliphatic hydroxyl groups excluding tert-OH is 12. The van der Waals surface area contributed by atoms with Crippen LogP contribution in [0.5, 0.6) is 17.2 Å². The van der Waals surface area contributed by atoms with Crippen LogP contribution in [-0.4, -0.2) is 193 Å². The predicted molar refractivity (Wildman–Crippen MR) is 304 cm³/mol. The van der Waals surface area contributed by atoms with Gasteiger partial charge in [-0.3, -0.25) is 0 Å². The van der Waals surface area contributed by atoms with Crippen molar-refractivity contribution in [3.63, 3.8) is 0 Å². The fourth-order valence-electron chi connectivity index (χ4n) is 11.0. The minimum Gasteiger partial charge on any atom is -0.462 e. The zero-order valence-electron chi connectivity index (χ0n) is 44.4. The Kier molecular flexibility index (Phi) is 16.0. The third-order valence-electron chi connectivity index (χ3n) is 15.5. The minimum absolute atomic E-state index is 0.233. The summed E-state index contributed by atoms with van der Waals surface area (Å²) >= 11 is 0. The molecule has 3 saturated heterocycles. The second kappa shape index (κ2) is 23.7. The Hall–Kier alpha value is -7.72. The van der Waals surface area contributed by atoms with E-state index >= 15 is 0 Å². The summed E-state index contributed by atoms with van der Waals surface area (Å²) in [5.41, 5.74) is 10.6. The highest BCUT2D eigenvalue weighted by molar-refractivity contribution is 6.00. The zero-order chi connectivity index (χ0) is 58.5. The number of aromatic amines is 2. The van der Waals surface area contributed by atoms with Crippen molar-refractivity contribution in [3.8, 4) is 61.8 Å². The lowest BCUT2D eigenvalue weighted by atomic mass is 9.99. The molecule has 84 heavy (non-hydrogen) atoms. The molecule has 3 fully saturated rings. The van der Waals surface area contributed by atoms with Crippen LogP contribution in [0, 0.1) is 0 Å². The minimum atomic E-state index is -1.65. The van der Waals surface area contributed by atoms with Gasteiger partial charge in [0, 0.05) is 44.3 Å². The van der Waals surface area contributed by atoms with Crippen LogP contribution < -0.4 is 14.2 Å². The zero-order valence-corrected chi connectivity index (χ0v) is 44.4. The maximum absolute atomic E-state index is 10.8. The molecule has 436 valence electrons. The fraction of sp³-hybridized carbons (Fsp3) is 0.290. The Bertz CT molecular complexity index is 3640. The fourth-order valence-corrected chi connectivity index (χ4v) is 11.0. The van der Waals surface area contributed by atoms with Crippen molar-refractivity contribution >= 4 is 46.4 Å². The summed E-state index contributed by atoms with van der Waals surface area (Å²) in [6.07, 6.45) is -14.7. The number of benzene rings is 4. The largest absolute Gasteiger partial charge is 0.462 e. The molecule has 0 spiro atoms. The molecule has 14 N–H and O–H groups in total. The summed E-state index contributed by atoms with van der Waals surface area (Å²) in [4.78, 5) is 18.0. The maximum Gasteiger partial charge on any atom is 0.229 e. The van der Waals surface area contributed by atoms with Gasteiger partial charge in [0.2, 0.25) is 18.9 Å². The van der Waals surface area contributed by atoms with E-state index in [0.29, 0.717) is 72.7 Å². The van der Waals surface area contributed by atoms with Crippen molar-refractivity contribution in [2.24, 2.45) is 0 Å². The first-order valence-electron chi connectivity index (χ1n) is 27.1. The van der Waals surface area contributed by atoms with Gasteiger partial charge < -0.3 is 99.7 Å². The van der Waals surface area contributed by atoms with Crippen LogP contribution in [-0.2, 0) is 14.2 Å². The number of H-pyrrole nitrogens is 2. The Balaban J connectivity index is 1.03. The van der Waals surface area contributed by atoms with Gasteiger partial charge >= 0.3 is 0 Å². The Morgan fingerprint density at radius 1 is 0.321 bits per heavy atom. The van der Waals surface area contributed by atoms with Crippen LogP contribution >= 0.6 is 0 Å². The molecular formula is C62H60N4O18. The van der Waals surface area contributed by atoms with Crippen molar-refractivity contribution in [1.29, 1.82) is 0 Å². The van der Waals surface area contributed by atoms with Gasteiger partial charge in [-0.05, 0) is 107 Å². The molecule has 12 rings (SSSR count). The first kappa shape index (κ1) is 56.7. The Morgan fingerprint density at radius 2 is 0.583 bits per heavy atom. The highest BCUT2D eigenvalue weighted by Gasteiger charge is 2.47. The van der Waals surface area contributed by atoms with Crippen LogP contribution in [0.15, 0.2) is 127 Å². The number of nitrogens with zero attached hydrogens (tertiary/aromatic N) is 2. The third kappa shape index (κ3) is 10.8. The molecule has 0 saturated carbocycles. The summed E-state index contributed by atoms with van der Waals surface area (Å²) in [5, 5.41) is 124. The molecule has 0 unspecified atom stereocenters. The summed E-state index contributed by atoms with van der Waals surface area (Å²) in [6.45, 7) is -1.88. The summed E-state index contributed by atoms with van der Waals surface area (Å²) < 4.78 is 34.9. The van der Waals surface area contributed by atoms with Gasteiger partial charge in [0.25, 0.3) is 0 Å².